The third-order valence-corrected chi connectivity index (χ3v) is 9.49. The van der Waals surface area contributed by atoms with E-state index in [0.29, 0.717) is 51.6 Å². The molecule has 2 aromatic heterocycles. The van der Waals surface area contributed by atoms with Crippen molar-refractivity contribution in [3.63, 3.8) is 0 Å². The molecule has 0 spiro atoms. The molecule has 3 aliphatic rings. The smallest absolute Gasteiger partial charge is 0.343 e. The number of halogens is 2. The largest absolute Gasteiger partial charge is 0.458 e. The third-order valence-electron chi connectivity index (χ3n) is 9.14. The maximum absolute atomic E-state index is 15.1. The van der Waals surface area contributed by atoms with Crippen LogP contribution in [0.15, 0.2) is 35.1 Å². The van der Waals surface area contributed by atoms with E-state index < -0.39 is 23.2 Å². The quantitative estimate of drug-likeness (QED) is 0.208. The second kappa shape index (κ2) is 9.62. The van der Waals surface area contributed by atoms with Gasteiger partial charge in [-0.15, -0.1) is 0 Å². The third kappa shape index (κ3) is 4.00. The Bertz CT molecular complexity index is 1990. The number of nitrogens with one attached hydrogen (secondary N) is 1. The summed E-state index contributed by atoms with van der Waals surface area (Å²) in [5.41, 5.74) is 9.18. The molecular formula is C32H28ClFN4O5. The summed E-state index contributed by atoms with van der Waals surface area (Å²) in [5, 5.41) is 15.6. The van der Waals surface area contributed by atoms with E-state index in [9.17, 15) is 19.5 Å². The highest BCUT2D eigenvalue weighted by Gasteiger charge is 2.46. The van der Waals surface area contributed by atoms with E-state index in [1.165, 1.54) is 6.07 Å². The molecule has 220 valence electrons. The molecule has 7 rings (SSSR count). The number of aliphatic hydroxyl groups is 1. The fraction of sp³-hybridized carbons (Fsp3) is 0.312. The normalized spacial score (nSPS) is 19.9. The molecule has 0 unspecified atom stereocenters. The molecule has 1 amide bonds. The van der Waals surface area contributed by atoms with Crippen molar-refractivity contribution >= 4 is 40.1 Å². The number of aromatic nitrogens is 2. The van der Waals surface area contributed by atoms with Gasteiger partial charge >= 0.3 is 5.97 Å². The molecule has 0 saturated carbocycles. The number of anilines is 1. The molecule has 9 nitrogen and oxygen atoms in total. The molecule has 0 fully saturated rings. The number of rotatable bonds is 4. The van der Waals surface area contributed by atoms with Crippen molar-refractivity contribution in [3.8, 4) is 11.4 Å². The molecule has 2 atom stereocenters. The van der Waals surface area contributed by atoms with E-state index in [1.807, 2.05) is 0 Å². The first-order valence-corrected chi connectivity index (χ1v) is 14.5. The van der Waals surface area contributed by atoms with Crippen molar-refractivity contribution < 1.29 is 23.8 Å². The van der Waals surface area contributed by atoms with Crippen LogP contribution in [0.25, 0.3) is 22.3 Å². The van der Waals surface area contributed by atoms with Crippen LogP contribution in [-0.4, -0.2) is 26.5 Å². The first-order valence-electron chi connectivity index (χ1n) is 14.2. The van der Waals surface area contributed by atoms with Gasteiger partial charge in [0.05, 0.1) is 41.5 Å². The van der Waals surface area contributed by atoms with Crippen LogP contribution in [0.2, 0.25) is 5.02 Å². The lowest BCUT2D eigenvalue weighted by atomic mass is 9.81. The number of hydrogen-bond acceptors (Lipinski definition) is 7. The van der Waals surface area contributed by atoms with Crippen LogP contribution in [-0.2, 0) is 45.9 Å². The van der Waals surface area contributed by atoms with Gasteiger partial charge in [-0.3, -0.25) is 9.59 Å². The van der Waals surface area contributed by atoms with Crippen LogP contribution < -0.4 is 16.6 Å². The van der Waals surface area contributed by atoms with Crippen molar-refractivity contribution in [1.29, 1.82) is 0 Å². The monoisotopic (exact) mass is 602 g/mol. The fourth-order valence-corrected chi connectivity index (χ4v) is 7.08. The summed E-state index contributed by atoms with van der Waals surface area (Å²) in [7, 11) is 0. The van der Waals surface area contributed by atoms with Gasteiger partial charge in [-0.05, 0) is 66.6 Å². The van der Waals surface area contributed by atoms with Gasteiger partial charge in [0.2, 0.25) is 5.91 Å². The Balaban J connectivity index is 1.39. The molecular weight excluding hydrogens is 575 g/mol. The number of nitrogen functional groups attached to an aromatic ring is 1. The van der Waals surface area contributed by atoms with E-state index in [1.54, 1.807) is 42.7 Å². The van der Waals surface area contributed by atoms with Gasteiger partial charge < -0.3 is 25.5 Å². The number of hydrogen-bond donors (Lipinski definition) is 3. The van der Waals surface area contributed by atoms with Crippen molar-refractivity contribution in [3.05, 3.63) is 90.5 Å². The predicted octanol–water partition coefficient (Wildman–Crippen LogP) is 4.11. The number of ether oxygens (including phenoxy) is 1. The van der Waals surface area contributed by atoms with Crippen LogP contribution in [0.1, 0.15) is 64.8 Å². The minimum absolute atomic E-state index is 0.0188. The van der Waals surface area contributed by atoms with Crippen molar-refractivity contribution in [2.75, 3.05) is 5.73 Å². The SMILES string of the molecule is CC[C@@]1(O)C(=O)OCc2c1cc1n(c2=O)Cc2c-1nc1cc(F)c(C)c3c1c2[C@@H](NC(=O)Cc1ccc(N)cc1Cl)CC3. The number of benzene rings is 2. The number of aryl methyl sites for hydroxylation is 1. The van der Waals surface area contributed by atoms with Crippen molar-refractivity contribution in [1.82, 2.24) is 14.9 Å². The first-order chi connectivity index (χ1) is 20.5. The minimum atomic E-state index is -1.97. The Hall–Kier alpha value is -4.28. The summed E-state index contributed by atoms with van der Waals surface area (Å²) in [6, 6.07) is 7.59. The summed E-state index contributed by atoms with van der Waals surface area (Å²) in [4.78, 5) is 44.5. The Labute approximate surface area is 250 Å². The first kappa shape index (κ1) is 27.5. The van der Waals surface area contributed by atoms with Crippen molar-refractivity contribution in [2.45, 2.75) is 64.3 Å². The summed E-state index contributed by atoms with van der Waals surface area (Å²) < 4.78 is 21.9. The molecule has 4 heterocycles. The lowest BCUT2D eigenvalue weighted by molar-refractivity contribution is -0.172. The van der Waals surface area contributed by atoms with E-state index in [0.717, 1.165) is 22.1 Å². The molecule has 0 bridgehead atoms. The van der Waals surface area contributed by atoms with E-state index in [4.69, 9.17) is 27.1 Å². The van der Waals surface area contributed by atoms with Gasteiger partial charge in [-0.1, -0.05) is 24.6 Å². The van der Waals surface area contributed by atoms with Gasteiger partial charge in [0, 0.05) is 33.3 Å². The Morgan fingerprint density at radius 3 is 2.79 bits per heavy atom. The molecule has 2 aromatic carbocycles. The second-order valence-electron chi connectivity index (χ2n) is 11.5. The van der Waals surface area contributed by atoms with Crippen LogP contribution in [0.5, 0.6) is 0 Å². The molecule has 0 saturated heterocycles. The highest BCUT2D eigenvalue weighted by Crippen LogP contribution is 2.46. The van der Waals surface area contributed by atoms with Gasteiger partial charge in [0.25, 0.3) is 5.56 Å². The number of cyclic esters (lactones) is 1. The molecule has 1 aliphatic carbocycles. The predicted molar refractivity (Wildman–Crippen MR) is 158 cm³/mol. The summed E-state index contributed by atoms with van der Waals surface area (Å²) in [6.45, 7) is 3.30. The van der Waals surface area contributed by atoms with E-state index in [2.05, 4.69) is 5.32 Å². The lowest BCUT2D eigenvalue weighted by Gasteiger charge is -2.31. The summed E-state index contributed by atoms with van der Waals surface area (Å²) in [5.74, 6) is -1.44. The highest BCUT2D eigenvalue weighted by atomic mass is 35.5. The zero-order valence-corrected chi connectivity index (χ0v) is 24.3. The number of fused-ring (bicyclic) bond motifs is 5. The number of nitrogens with two attached hydrogens (primary N) is 1. The average molecular weight is 603 g/mol. The molecule has 4 aromatic rings. The summed E-state index contributed by atoms with van der Waals surface area (Å²) in [6.07, 6.45) is 1.11. The highest BCUT2D eigenvalue weighted by molar-refractivity contribution is 6.31. The fourth-order valence-electron chi connectivity index (χ4n) is 6.82. The molecule has 4 N–H and O–H groups in total. The van der Waals surface area contributed by atoms with E-state index >= 15 is 4.39 Å². The van der Waals surface area contributed by atoms with Crippen LogP contribution in [0, 0.1) is 12.7 Å². The van der Waals surface area contributed by atoms with Crippen LogP contribution >= 0.6 is 11.6 Å². The summed E-state index contributed by atoms with van der Waals surface area (Å²) >= 11 is 6.33. The second-order valence-corrected chi connectivity index (χ2v) is 11.9. The van der Waals surface area contributed by atoms with Gasteiger partial charge in [0.15, 0.2) is 5.60 Å². The minimum Gasteiger partial charge on any atom is -0.458 e. The Kier molecular flexibility index (Phi) is 6.16. The number of nitrogens with zero attached hydrogens (tertiary/aromatic N) is 2. The zero-order valence-electron chi connectivity index (χ0n) is 23.5. The number of carbonyl (C=O) groups is 2. The van der Waals surface area contributed by atoms with Crippen molar-refractivity contribution in [2.24, 2.45) is 0 Å². The topological polar surface area (TPSA) is 137 Å². The molecule has 43 heavy (non-hydrogen) atoms. The Morgan fingerprint density at radius 1 is 1.26 bits per heavy atom. The van der Waals surface area contributed by atoms with Crippen LogP contribution in [0.3, 0.4) is 0 Å². The van der Waals surface area contributed by atoms with Crippen LogP contribution in [0.4, 0.5) is 10.1 Å². The number of carbonyl (C=O) groups excluding carboxylic acids is 2. The average Bonchev–Trinajstić information content (AvgIpc) is 3.34. The molecule has 11 heteroatoms. The molecule has 0 radical (unpaired) electrons. The maximum atomic E-state index is 15.1. The maximum Gasteiger partial charge on any atom is 0.343 e. The van der Waals surface area contributed by atoms with Gasteiger partial charge in [-0.25, -0.2) is 14.2 Å². The zero-order chi connectivity index (χ0) is 30.4. The number of esters is 1. The lowest BCUT2D eigenvalue weighted by Crippen LogP contribution is -2.44. The Morgan fingerprint density at radius 2 is 2.05 bits per heavy atom. The standard InChI is InChI=1S/C32H28ClFN4O5/c1-3-32(42)20-10-25-29-18(12-38(25)30(40)19(20)13-43-31(32)41)28-23(36-26(39)8-15-4-5-16(35)9-21(15)33)7-6-17-14(2)22(34)11-24(37-29)27(17)28/h4-5,9-11,23,42H,3,6-8,12-13,35H2,1-2H3,(H,36,39)/t23-,32-/m0/s1. The number of amides is 1. The molecule has 2 aliphatic heterocycles. The number of pyridine rings is 2. The van der Waals surface area contributed by atoms with E-state index in [-0.39, 0.29) is 48.8 Å². The van der Waals surface area contributed by atoms with Gasteiger partial charge in [0.1, 0.15) is 12.4 Å². The van der Waals surface area contributed by atoms with Gasteiger partial charge in [-0.2, -0.15) is 0 Å².